The molecule has 5 heteroatoms. The third-order valence-electron chi connectivity index (χ3n) is 4.83. The summed E-state index contributed by atoms with van der Waals surface area (Å²) in [7, 11) is 1.70. The van der Waals surface area contributed by atoms with Gasteiger partial charge in [-0.05, 0) is 18.9 Å². The molecule has 3 aromatic rings. The normalized spacial score (nSPS) is 13.6. The maximum atomic E-state index is 5.45. The lowest BCUT2D eigenvalue weighted by Crippen LogP contribution is -2.20. The summed E-state index contributed by atoms with van der Waals surface area (Å²) in [6.45, 7) is 2.75. The molecule has 5 nitrogen and oxygen atoms in total. The minimum Gasteiger partial charge on any atom is -0.496 e. The first-order valence-electron chi connectivity index (χ1n) is 9.39. The molecule has 1 N–H and O–H groups in total. The van der Waals surface area contributed by atoms with E-state index < -0.39 is 0 Å². The van der Waals surface area contributed by atoms with Crippen LogP contribution in [-0.2, 0) is 6.54 Å². The Morgan fingerprint density at radius 1 is 0.963 bits per heavy atom. The van der Waals surface area contributed by atoms with Crippen LogP contribution in [0.2, 0.25) is 0 Å². The van der Waals surface area contributed by atoms with Crippen molar-refractivity contribution >= 4 is 11.6 Å². The molecular weight excluding hydrogens is 336 g/mol. The SMILES string of the molecule is COc1ccccc1CNc1cc(N2CCCC2)nc(-c2ccccc2)n1. The van der Waals surface area contributed by atoms with Crippen LogP contribution in [0.3, 0.4) is 0 Å². The van der Waals surface area contributed by atoms with E-state index in [2.05, 4.69) is 16.3 Å². The highest BCUT2D eigenvalue weighted by Crippen LogP contribution is 2.26. The minimum absolute atomic E-state index is 0.648. The second-order valence-electron chi connectivity index (χ2n) is 6.66. The van der Waals surface area contributed by atoms with Crippen molar-refractivity contribution in [1.29, 1.82) is 0 Å². The van der Waals surface area contributed by atoms with Crippen molar-refractivity contribution in [2.45, 2.75) is 19.4 Å². The summed E-state index contributed by atoms with van der Waals surface area (Å²) in [6, 6.07) is 20.2. The molecule has 27 heavy (non-hydrogen) atoms. The number of rotatable bonds is 6. The number of methoxy groups -OCH3 is 1. The summed E-state index contributed by atoms with van der Waals surface area (Å²) in [4.78, 5) is 11.9. The number of aromatic nitrogens is 2. The van der Waals surface area contributed by atoms with E-state index in [1.807, 2.05) is 54.6 Å². The average Bonchev–Trinajstić information content (AvgIpc) is 3.28. The smallest absolute Gasteiger partial charge is 0.163 e. The average molecular weight is 360 g/mol. The minimum atomic E-state index is 0.648. The van der Waals surface area contributed by atoms with Crippen molar-refractivity contribution < 1.29 is 4.74 Å². The third kappa shape index (κ3) is 4.03. The molecule has 0 spiro atoms. The zero-order valence-electron chi connectivity index (χ0n) is 15.6. The fourth-order valence-corrected chi connectivity index (χ4v) is 3.38. The number of nitrogens with one attached hydrogen (secondary N) is 1. The molecule has 0 bridgehead atoms. The molecule has 0 amide bonds. The second kappa shape index (κ2) is 8.08. The van der Waals surface area contributed by atoms with Crippen LogP contribution in [0, 0.1) is 0 Å². The van der Waals surface area contributed by atoms with Crippen LogP contribution >= 0.6 is 0 Å². The van der Waals surface area contributed by atoms with Gasteiger partial charge in [0.15, 0.2) is 5.82 Å². The van der Waals surface area contributed by atoms with Gasteiger partial charge in [-0.2, -0.15) is 0 Å². The topological polar surface area (TPSA) is 50.3 Å². The lowest BCUT2D eigenvalue weighted by atomic mass is 10.2. The van der Waals surface area contributed by atoms with Crippen LogP contribution in [0.25, 0.3) is 11.4 Å². The summed E-state index contributed by atoms with van der Waals surface area (Å²) >= 11 is 0. The summed E-state index contributed by atoms with van der Waals surface area (Å²) in [5.41, 5.74) is 2.13. The summed E-state index contributed by atoms with van der Waals surface area (Å²) < 4.78 is 5.45. The van der Waals surface area contributed by atoms with Crippen LogP contribution in [-0.4, -0.2) is 30.2 Å². The highest BCUT2D eigenvalue weighted by atomic mass is 16.5. The molecule has 138 valence electrons. The first kappa shape index (κ1) is 17.3. The molecule has 1 aliphatic rings. The Labute approximate surface area is 160 Å². The van der Waals surface area contributed by atoms with E-state index in [9.17, 15) is 0 Å². The Morgan fingerprint density at radius 3 is 2.48 bits per heavy atom. The quantitative estimate of drug-likeness (QED) is 0.708. The standard InChI is InChI=1S/C22H24N4O/c1-27-19-12-6-5-11-18(19)16-23-20-15-21(26-13-7-8-14-26)25-22(24-20)17-9-3-2-4-10-17/h2-6,9-12,15H,7-8,13-14,16H2,1H3,(H,23,24,25). The van der Waals surface area contributed by atoms with Crippen molar-refractivity contribution in [3.05, 3.63) is 66.2 Å². The molecule has 1 fully saturated rings. The number of ether oxygens (including phenoxy) is 1. The van der Waals surface area contributed by atoms with Gasteiger partial charge in [-0.3, -0.25) is 0 Å². The van der Waals surface area contributed by atoms with E-state index in [1.54, 1.807) is 7.11 Å². The predicted octanol–water partition coefficient (Wildman–Crippen LogP) is 4.36. The van der Waals surface area contributed by atoms with Crippen molar-refractivity contribution in [3.63, 3.8) is 0 Å². The van der Waals surface area contributed by atoms with Gasteiger partial charge in [-0.1, -0.05) is 48.5 Å². The number of hydrogen-bond donors (Lipinski definition) is 1. The van der Waals surface area contributed by atoms with E-state index in [-0.39, 0.29) is 0 Å². The van der Waals surface area contributed by atoms with Gasteiger partial charge in [0, 0.05) is 36.8 Å². The molecule has 4 rings (SSSR count). The van der Waals surface area contributed by atoms with Crippen LogP contribution < -0.4 is 15.0 Å². The van der Waals surface area contributed by atoms with E-state index in [0.29, 0.717) is 6.54 Å². The Hall–Kier alpha value is -3.08. The molecule has 1 aromatic heterocycles. The van der Waals surface area contributed by atoms with Gasteiger partial charge in [0.1, 0.15) is 17.4 Å². The zero-order valence-corrected chi connectivity index (χ0v) is 15.6. The molecule has 0 radical (unpaired) electrons. The maximum Gasteiger partial charge on any atom is 0.163 e. The summed E-state index contributed by atoms with van der Waals surface area (Å²) in [6.07, 6.45) is 2.43. The largest absolute Gasteiger partial charge is 0.496 e. The third-order valence-corrected chi connectivity index (χ3v) is 4.83. The van der Waals surface area contributed by atoms with Crippen LogP contribution in [0.15, 0.2) is 60.7 Å². The fourth-order valence-electron chi connectivity index (χ4n) is 3.38. The lowest BCUT2D eigenvalue weighted by Gasteiger charge is -2.19. The van der Waals surface area contributed by atoms with Gasteiger partial charge < -0.3 is 15.0 Å². The number of anilines is 2. The van der Waals surface area contributed by atoms with E-state index in [1.165, 1.54) is 12.8 Å². The summed E-state index contributed by atoms with van der Waals surface area (Å²) in [5.74, 6) is 3.45. The van der Waals surface area contributed by atoms with Crippen molar-refractivity contribution in [2.75, 3.05) is 30.4 Å². The van der Waals surface area contributed by atoms with Crippen molar-refractivity contribution in [3.8, 4) is 17.1 Å². The van der Waals surface area contributed by atoms with Crippen LogP contribution in [0.1, 0.15) is 18.4 Å². The van der Waals surface area contributed by atoms with E-state index in [4.69, 9.17) is 14.7 Å². The van der Waals surface area contributed by atoms with Gasteiger partial charge in [0.25, 0.3) is 0 Å². The highest BCUT2D eigenvalue weighted by molar-refractivity contribution is 5.62. The second-order valence-corrected chi connectivity index (χ2v) is 6.66. The number of nitrogens with zero attached hydrogens (tertiary/aromatic N) is 3. The highest BCUT2D eigenvalue weighted by Gasteiger charge is 2.16. The number of hydrogen-bond acceptors (Lipinski definition) is 5. The fraction of sp³-hybridized carbons (Fsp3) is 0.273. The molecule has 2 aromatic carbocycles. The summed E-state index contributed by atoms with van der Waals surface area (Å²) in [5, 5.41) is 3.45. The molecule has 1 aliphatic heterocycles. The van der Waals surface area contributed by atoms with Crippen molar-refractivity contribution in [2.24, 2.45) is 0 Å². The van der Waals surface area contributed by atoms with Crippen molar-refractivity contribution in [1.82, 2.24) is 9.97 Å². The van der Waals surface area contributed by atoms with E-state index in [0.717, 1.165) is 47.4 Å². The van der Waals surface area contributed by atoms with E-state index >= 15 is 0 Å². The van der Waals surface area contributed by atoms with Gasteiger partial charge in [-0.15, -0.1) is 0 Å². The Morgan fingerprint density at radius 2 is 1.70 bits per heavy atom. The lowest BCUT2D eigenvalue weighted by molar-refractivity contribution is 0.410. The molecule has 0 unspecified atom stereocenters. The monoisotopic (exact) mass is 360 g/mol. The maximum absolute atomic E-state index is 5.45. The van der Waals surface area contributed by atoms with Crippen LogP contribution in [0.5, 0.6) is 5.75 Å². The molecule has 1 saturated heterocycles. The number of para-hydroxylation sites is 1. The molecule has 2 heterocycles. The Kier molecular flexibility index (Phi) is 5.19. The molecule has 0 aliphatic carbocycles. The Balaban J connectivity index is 1.63. The molecule has 0 atom stereocenters. The number of benzene rings is 2. The molecular formula is C22H24N4O. The van der Waals surface area contributed by atoms with Gasteiger partial charge >= 0.3 is 0 Å². The van der Waals surface area contributed by atoms with Crippen LogP contribution in [0.4, 0.5) is 11.6 Å². The zero-order chi connectivity index (χ0) is 18.5. The first-order valence-corrected chi connectivity index (χ1v) is 9.39. The first-order chi connectivity index (χ1) is 13.3. The Bertz CT molecular complexity index is 892. The van der Waals surface area contributed by atoms with Gasteiger partial charge in [-0.25, -0.2) is 9.97 Å². The van der Waals surface area contributed by atoms with Gasteiger partial charge in [0.05, 0.1) is 7.11 Å². The molecule has 0 saturated carbocycles. The van der Waals surface area contributed by atoms with Gasteiger partial charge in [0.2, 0.25) is 0 Å². The predicted molar refractivity (Wildman–Crippen MR) is 109 cm³/mol.